The number of fused-ring (bicyclic) bond motifs is 1. The van der Waals surface area contributed by atoms with Crippen LogP contribution in [-0.4, -0.2) is 67.4 Å². The molecule has 1 aromatic rings. The lowest BCUT2D eigenvalue weighted by Gasteiger charge is -2.61. The van der Waals surface area contributed by atoms with Crippen LogP contribution in [0.1, 0.15) is 56.6 Å². The van der Waals surface area contributed by atoms with Gasteiger partial charge in [-0.15, -0.1) is 0 Å². The number of aliphatic hydroxyl groups is 1. The van der Waals surface area contributed by atoms with E-state index < -0.39 is 11.0 Å². The summed E-state index contributed by atoms with van der Waals surface area (Å²) in [6.45, 7) is 7.68. The van der Waals surface area contributed by atoms with Gasteiger partial charge in [-0.05, 0) is 88.1 Å². The van der Waals surface area contributed by atoms with Crippen LogP contribution in [0, 0.1) is 18.8 Å². The van der Waals surface area contributed by atoms with E-state index in [-0.39, 0.29) is 17.9 Å². The van der Waals surface area contributed by atoms with Crippen LogP contribution in [0.25, 0.3) is 0 Å². The number of hydrogen-bond acceptors (Lipinski definition) is 6. The Bertz CT molecular complexity index is 870. The van der Waals surface area contributed by atoms with Crippen LogP contribution < -0.4 is 10.1 Å². The van der Waals surface area contributed by atoms with Gasteiger partial charge in [-0.1, -0.05) is 6.07 Å². The number of nitrogens with zero attached hydrogens (tertiary/aromatic N) is 1. The number of aryl methyl sites for hydroxylation is 1. The maximum atomic E-state index is 12.7. The minimum atomic E-state index is -0.981. The molecule has 182 valence electrons. The smallest absolute Gasteiger partial charge is 0.229 e. The van der Waals surface area contributed by atoms with E-state index in [0.717, 1.165) is 62.4 Å². The fraction of sp³-hybridized carbons (Fsp3) is 0.692. The molecule has 1 aliphatic carbocycles. The van der Waals surface area contributed by atoms with E-state index >= 15 is 0 Å². The highest BCUT2D eigenvalue weighted by atomic mass is 16.5. The highest BCUT2D eigenvalue weighted by Crippen LogP contribution is 2.56. The maximum Gasteiger partial charge on any atom is 0.229 e. The van der Waals surface area contributed by atoms with Crippen molar-refractivity contribution < 1.29 is 24.2 Å². The summed E-state index contributed by atoms with van der Waals surface area (Å²) in [6, 6.07) is 5.98. The number of carbonyl (C=O) groups is 2. The van der Waals surface area contributed by atoms with E-state index in [1.165, 1.54) is 0 Å². The molecule has 2 aliphatic heterocycles. The molecule has 4 rings (SSSR count). The normalized spacial score (nSPS) is 33.2. The first kappa shape index (κ1) is 24.2. The van der Waals surface area contributed by atoms with E-state index in [4.69, 9.17) is 9.47 Å². The number of ether oxygens (including phenoxy) is 2. The van der Waals surface area contributed by atoms with Gasteiger partial charge in [0.05, 0.1) is 12.7 Å². The first-order valence-electron chi connectivity index (χ1n) is 12.3. The van der Waals surface area contributed by atoms with Gasteiger partial charge in [0.2, 0.25) is 12.3 Å². The highest BCUT2D eigenvalue weighted by molar-refractivity contribution is 5.88. The highest BCUT2D eigenvalue weighted by Gasteiger charge is 2.61. The van der Waals surface area contributed by atoms with Crippen molar-refractivity contribution in [2.75, 3.05) is 33.4 Å². The Morgan fingerprint density at radius 3 is 2.76 bits per heavy atom. The van der Waals surface area contributed by atoms with Crippen molar-refractivity contribution in [2.24, 2.45) is 11.8 Å². The zero-order chi connectivity index (χ0) is 23.6. The van der Waals surface area contributed by atoms with Crippen molar-refractivity contribution in [3.8, 4) is 5.75 Å². The van der Waals surface area contributed by atoms with Crippen LogP contribution in [0.4, 0.5) is 0 Å². The van der Waals surface area contributed by atoms with Crippen LogP contribution in [0.3, 0.4) is 0 Å². The summed E-state index contributed by atoms with van der Waals surface area (Å²) < 4.78 is 11.1. The maximum absolute atomic E-state index is 12.7. The standard InChI is InChI=1S/C26H38N2O5/c1-18-4-5-22(32-3)14-23(18)25-10-11-28(16-20-7-12-33-13-8-20)19(2)26(25,31)9-6-21(15-25)24(30)27-17-29/h4-5,14,17,19-21,31H,6-13,15-16H2,1-3H3,(H,27,29,30). The second-order valence-corrected chi connectivity index (χ2v) is 10.2. The van der Waals surface area contributed by atoms with Crippen molar-refractivity contribution in [1.29, 1.82) is 0 Å². The average Bonchev–Trinajstić information content (AvgIpc) is 2.83. The van der Waals surface area contributed by atoms with Crippen LogP contribution in [0.2, 0.25) is 0 Å². The number of nitrogens with one attached hydrogen (secondary N) is 1. The van der Waals surface area contributed by atoms with Crippen molar-refractivity contribution in [3.63, 3.8) is 0 Å². The van der Waals surface area contributed by atoms with E-state index in [1.54, 1.807) is 7.11 Å². The molecule has 33 heavy (non-hydrogen) atoms. The molecule has 7 nitrogen and oxygen atoms in total. The predicted octanol–water partition coefficient (Wildman–Crippen LogP) is 2.57. The Balaban J connectivity index is 1.71. The third-order valence-corrected chi connectivity index (χ3v) is 8.73. The van der Waals surface area contributed by atoms with E-state index in [1.807, 2.05) is 18.2 Å². The molecule has 2 heterocycles. The number of amides is 2. The largest absolute Gasteiger partial charge is 0.497 e. The molecule has 0 bridgehead atoms. The average molecular weight is 459 g/mol. The lowest BCUT2D eigenvalue weighted by atomic mass is 9.51. The van der Waals surface area contributed by atoms with Crippen LogP contribution in [-0.2, 0) is 19.7 Å². The summed E-state index contributed by atoms with van der Waals surface area (Å²) in [7, 11) is 1.65. The van der Waals surface area contributed by atoms with Gasteiger partial charge in [0.25, 0.3) is 0 Å². The summed E-state index contributed by atoms with van der Waals surface area (Å²) in [4.78, 5) is 26.1. The molecular formula is C26H38N2O5. The van der Waals surface area contributed by atoms with Crippen LogP contribution in [0.5, 0.6) is 5.75 Å². The fourth-order valence-electron chi connectivity index (χ4n) is 6.72. The second kappa shape index (κ2) is 9.72. The SMILES string of the molecule is COc1ccc(C)c(C23CCN(CC4CCOCC4)C(C)C2(O)CCC(C(=O)NC=O)C3)c1. The topological polar surface area (TPSA) is 88.1 Å². The quantitative estimate of drug-likeness (QED) is 0.637. The number of piperidine rings is 1. The lowest BCUT2D eigenvalue weighted by Crippen LogP contribution is -2.70. The molecule has 0 radical (unpaired) electrons. The Kier molecular flexibility index (Phi) is 7.12. The van der Waals surface area contributed by atoms with Crippen LogP contribution in [0.15, 0.2) is 18.2 Å². The van der Waals surface area contributed by atoms with Crippen molar-refractivity contribution in [3.05, 3.63) is 29.3 Å². The summed E-state index contributed by atoms with van der Waals surface area (Å²) in [5, 5.41) is 14.8. The van der Waals surface area contributed by atoms with Gasteiger partial charge in [0.1, 0.15) is 5.75 Å². The zero-order valence-electron chi connectivity index (χ0n) is 20.1. The molecular weight excluding hydrogens is 420 g/mol. The van der Waals surface area contributed by atoms with Gasteiger partial charge in [-0.3, -0.25) is 19.8 Å². The summed E-state index contributed by atoms with van der Waals surface area (Å²) in [5.74, 6) is 0.786. The molecule has 4 atom stereocenters. The van der Waals surface area contributed by atoms with Gasteiger partial charge >= 0.3 is 0 Å². The molecule has 7 heteroatoms. The monoisotopic (exact) mass is 458 g/mol. The first-order chi connectivity index (χ1) is 15.8. The third kappa shape index (κ3) is 4.31. The number of benzene rings is 1. The van der Waals surface area contributed by atoms with E-state index in [0.29, 0.717) is 31.6 Å². The van der Waals surface area contributed by atoms with E-state index in [2.05, 4.69) is 24.1 Å². The Morgan fingerprint density at radius 2 is 2.06 bits per heavy atom. The third-order valence-electron chi connectivity index (χ3n) is 8.73. The number of rotatable bonds is 6. The number of methoxy groups -OCH3 is 1. The zero-order valence-corrected chi connectivity index (χ0v) is 20.1. The molecule has 2 saturated heterocycles. The minimum Gasteiger partial charge on any atom is -0.497 e. The van der Waals surface area contributed by atoms with Gasteiger partial charge in [-0.2, -0.15) is 0 Å². The number of carbonyl (C=O) groups excluding carboxylic acids is 2. The molecule has 1 aromatic carbocycles. The van der Waals surface area contributed by atoms with Gasteiger partial charge < -0.3 is 14.6 Å². The summed E-state index contributed by atoms with van der Waals surface area (Å²) in [5.41, 5.74) is 0.590. The van der Waals surface area contributed by atoms with Crippen molar-refractivity contribution in [2.45, 2.75) is 69.4 Å². The Labute approximate surface area is 196 Å². The first-order valence-corrected chi connectivity index (χ1v) is 12.3. The molecule has 0 aromatic heterocycles. The number of imide groups is 1. The minimum absolute atomic E-state index is 0.0465. The summed E-state index contributed by atoms with van der Waals surface area (Å²) >= 11 is 0. The lowest BCUT2D eigenvalue weighted by molar-refractivity contribution is -0.169. The molecule has 2 amide bonds. The molecule has 2 N–H and O–H groups in total. The molecule has 0 spiro atoms. The van der Waals surface area contributed by atoms with Gasteiger partial charge in [0, 0.05) is 37.1 Å². The van der Waals surface area contributed by atoms with Gasteiger partial charge in [0.15, 0.2) is 0 Å². The number of hydrogen-bond donors (Lipinski definition) is 2. The Hall–Kier alpha value is -1.96. The fourth-order valence-corrected chi connectivity index (χ4v) is 6.72. The molecule has 3 aliphatic rings. The van der Waals surface area contributed by atoms with Gasteiger partial charge in [-0.25, -0.2) is 0 Å². The predicted molar refractivity (Wildman–Crippen MR) is 125 cm³/mol. The second-order valence-electron chi connectivity index (χ2n) is 10.2. The van der Waals surface area contributed by atoms with E-state index in [9.17, 15) is 14.7 Å². The van der Waals surface area contributed by atoms with Crippen molar-refractivity contribution >= 4 is 12.3 Å². The van der Waals surface area contributed by atoms with Crippen molar-refractivity contribution in [1.82, 2.24) is 10.2 Å². The summed E-state index contributed by atoms with van der Waals surface area (Å²) in [6.07, 6.45) is 4.96. The molecule has 4 unspecified atom stereocenters. The number of likely N-dealkylation sites (tertiary alicyclic amines) is 1. The van der Waals surface area contributed by atoms with Crippen LogP contribution >= 0.6 is 0 Å². The molecule has 3 fully saturated rings. The molecule has 1 saturated carbocycles. The Morgan fingerprint density at radius 1 is 1.30 bits per heavy atom.